The monoisotopic (exact) mass is 368 g/mol. The third kappa shape index (κ3) is 6.24. The molecule has 1 aromatic rings. The van der Waals surface area contributed by atoms with Crippen LogP contribution >= 0.6 is 0 Å². The Balaban J connectivity index is 1.79. The number of rotatable bonds is 6. The second-order valence-electron chi connectivity index (χ2n) is 8.01. The Hall–Kier alpha value is -1.69. The van der Waals surface area contributed by atoms with Crippen molar-refractivity contribution in [2.75, 3.05) is 19.6 Å². The first-order valence-corrected chi connectivity index (χ1v) is 9.23. The smallest absolute Gasteiger partial charge is 0.260 e. The molecule has 2 rings (SSSR count). The van der Waals surface area contributed by atoms with Gasteiger partial charge in [0.15, 0.2) is 6.10 Å². The third-order valence-electron chi connectivity index (χ3n) is 4.73. The zero-order valence-corrected chi connectivity index (χ0v) is 16.1. The van der Waals surface area contributed by atoms with Gasteiger partial charge in [0.05, 0.1) is 6.54 Å². The van der Waals surface area contributed by atoms with Crippen LogP contribution in [0, 0.1) is 0 Å². The number of likely N-dealkylation sites (tertiary alicyclic amines) is 1. The maximum Gasteiger partial charge on any atom is 0.260 e. The van der Waals surface area contributed by atoms with E-state index >= 15 is 0 Å². The lowest BCUT2D eigenvalue weighted by Gasteiger charge is -2.32. The first-order valence-electron chi connectivity index (χ1n) is 9.23. The van der Waals surface area contributed by atoms with Crippen LogP contribution in [-0.2, 0) is 10.2 Å². The van der Waals surface area contributed by atoms with Crippen LogP contribution in [0.25, 0.3) is 0 Å². The molecule has 1 aliphatic rings. The number of amides is 1. The predicted octanol–water partition coefficient (Wildman–Crippen LogP) is 3.60. The molecule has 0 spiro atoms. The zero-order valence-electron chi connectivity index (χ0n) is 16.1. The lowest BCUT2D eigenvalue weighted by Crippen LogP contribution is -2.48. The number of halogens is 2. The number of carbonyl (C=O) groups is 1. The van der Waals surface area contributed by atoms with Crippen molar-refractivity contribution >= 4 is 5.91 Å². The van der Waals surface area contributed by atoms with Crippen molar-refractivity contribution in [3.05, 3.63) is 29.8 Å². The maximum atomic E-state index is 12.4. The first-order chi connectivity index (χ1) is 12.1. The average molecular weight is 368 g/mol. The summed E-state index contributed by atoms with van der Waals surface area (Å²) < 4.78 is 30.5. The number of hydrogen-bond acceptors (Lipinski definition) is 3. The van der Waals surface area contributed by atoms with E-state index in [1.54, 1.807) is 11.8 Å². The minimum Gasteiger partial charge on any atom is -0.481 e. The van der Waals surface area contributed by atoms with E-state index in [4.69, 9.17) is 4.74 Å². The molecule has 1 N–H and O–H groups in total. The van der Waals surface area contributed by atoms with Crippen LogP contribution in [0.3, 0.4) is 0 Å². The molecule has 1 aromatic carbocycles. The van der Waals surface area contributed by atoms with E-state index in [1.807, 2.05) is 24.3 Å². The van der Waals surface area contributed by atoms with Gasteiger partial charge in [0.25, 0.3) is 12.3 Å². The Morgan fingerprint density at radius 1 is 1.23 bits per heavy atom. The van der Waals surface area contributed by atoms with Gasteiger partial charge in [-0.05, 0) is 42.9 Å². The number of nitrogens with zero attached hydrogens (tertiary/aromatic N) is 1. The fourth-order valence-corrected chi connectivity index (χ4v) is 3.06. The highest BCUT2D eigenvalue weighted by Crippen LogP contribution is 2.24. The Kier molecular flexibility index (Phi) is 6.98. The van der Waals surface area contributed by atoms with Crippen LogP contribution in [0.1, 0.15) is 46.1 Å². The van der Waals surface area contributed by atoms with E-state index in [2.05, 4.69) is 26.1 Å². The minimum atomic E-state index is -2.31. The van der Waals surface area contributed by atoms with Crippen LogP contribution in [0.4, 0.5) is 8.78 Å². The van der Waals surface area contributed by atoms with Crippen LogP contribution in [0.15, 0.2) is 24.3 Å². The van der Waals surface area contributed by atoms with Gasteiger partial charge >= 0.3 is 0 Å². The van der Waals surface area contributed by atoms with Crippen molar-refractivity contribution in [2.45, 2.75) is 64.5 Å². The fraction of sp³-hybridized carbons (Fsp3) is 0.650. The molecule has 1 heterocycles. The largest absolute Gasteiger partial charge is 0.481 e. The van der Waals surface area contributed by atoms with Crippen molar-refractivity contribution in [3.63, 3.8) is 0 Å². The van der Waals surface area contributed by atoms with Gasteiger partial charge in [0, 0.05) is 19.1 Å². The fourth-order valence-electron chi connectivity index (χ4n) is 3.06. The number of carbonyl (C=O) groups excluding carboxylic acids is 1. The van der Waals surface area contributed by atoms with Crippen LogP contribution < -0.4 is 10.1 Å². The van der Waals surface area contributed by atoms with E-state index in [0.717, 1.165) is 0 Å². The Labute approximate surface area is 154 Å². The lowest BCUT2D eigenvalue weighted by atomic mass is 9.87. The molecule has 1 unspecified atom stereocenters. The highest BCUT2D eigenvalue weighted by molar-refractivity contribution is 5.81. The molecule has 0 aromatic heterocycles. The van der Waals surface area contributed by atoms with Crippen molar-refractivity contribution in [3.8, 4) is 5.75 Å². The Bertz CT molecular complexity index is 576. The summed E-state index contributed by atoms with van der Waals surface area (Å²) in [6.45, 7) is 9.13. The van der Waals surface area contributed by atoms with Gasteiger partial charge in [-0.25, -0.2) is 8.78 Å². The second-order valence-corrected chi connectivity index (χ2v) is 8.01. The van der Waals surface area contributed by atoms with Gasteiger partial charge in [0.1, 0.15) is 5.75 Å². The van der Waals surface area contributed by atoms with Gasteiger partial charge in [-0.1, -0.05) is 32.9 Å². The van der Waals surface area contributed by atoms with Gasteiger partial charge in [-0.2, -0.15) is 0 Å². The minimum absolute atomic E-state index is 0.0192. The van der Waals surface area contributed by atoms with Gasteiger partial charge in [-0.3, -0.25) is 9.69 Å². The molecule has 0 aliphatic carbocycles. The highest BCUT2D eigenvalue weighted by atomic mass is 19.3. The summed E-state index contributed by atoms with van der Waals surface area (Å²) in [5.74, 6) is 0.490. The molecule has 4 nitrogen and oxygen atoms in total. The number of piperidine rings is 1. The quantitative estimate of drug-likeness (QED) is 0.834. The van der Waals surface area contributed by atoms with Crippen molar-refractivity contribution < 1.29 is 18.3 Å². The van der Waals surface area contributed by atoms with Crippen LogP contribution in [-0.4, -0.2) is 49.0 Å². The normalized spacial score (nSPS) is 18.0. The molecule has 6 heteroatoms. The maximum absolute atomic E-state index is 12.4. The number of alkyl halides is 2. The molecule has 1 saturated heterocycles. The van der Waals surface area contributed by atoms with Gasteiger partial charge < -0.3 is 10.1 Å². The predicted molar refractivity (Wildman–Crippen MR) is 98.8 cm³/mol. The Morgan fingerprint density at radius 3 is 2.31 bits per heavy atom. The number of benzene rings is 1. The number of hydrogen-bond donors (Lipinski definition) is 1. The second kappa shape index (κ2) is 8.80. The topological polar surface area (TPSA) is 41.6 Å². The molecule has 0 radical (unpaired) electrons. The van der Waals surface area contributed by atoms with E-state index in [0.29, 0.717) is 31.7 Å². The van der Waals surface area contributed by atoms with Crippen molar-refractivity contribution in [1.29, 1.82) is 0 Å². The van der Waals surface area contributed by atoms with Crippen LogP contribution in [0.2, 0.25) is 0 Å². The molecule has 1 amide bonds. The molecule has 146 valence electrons. The lowest BCUT2D eigenvalue weighted by molar-refractivity contribution is -0.128. The summed E-state index contributed by atoms with van der Waals surface area (Å²) in [4.78, 5) is 14.1. The average Bonchev–Trinajstić information content (AvgIpc) is 2.55. The molecule has 0 bridgehead atoms. The summed E-state index contributed by atoms with van der Waals surface area (Å²) in [7, 11) is 0. The Morgan fingerprint density at radius 2 is 1.81 bits per heavy atom. The zero-order chi connectivity index (χ0) is 19.3. The van der Waals surface area contributed by atoms with Gasteiger partial charge in [0.2, 0.25) is 0 Å². The van der Waals surface area contributed by atoms with E-state index in [1.165, 1.54) is 5.56 Å². The SMILES string of the molecule is CC(Oc1ccc(C(C)(C)C)cc1)C(=O)NC1CCN(CC(F)F)CC1. The van der Waals surface area contributed by atoms with Crippen molar-refractivity contribution in [2.24, 2.45) is 0 Å². The number of nitrogens with one attached hydrogen (secondary N) is 1. The molecule has 1 fully saturated rings. The molecule has 26 heavy (non-hydrogen) atoms. The van der Waals surface area contributed by atoms with Gasteiger partial charge in [-0.15, -0.1) is 0 Å². The molecule has 1 aliphatic heterocycles. The molecule has 1 atom stereocenters. The van der Waals surface area contributed by atoms with E-state index in [-0.39, 0.29) is 23.9 Å². The van der Waals surface area contributed by atoms with E-state index < -0.39 is 12.5 Å². The summed E-state index contributed by atoms with van der Waals surface area (Å²) in [6, 6.07) is 7.81. The number of ether oxygens (including phenoxy) is 1. The summed E-state index contributed by atoms with van der Waals surface area (Å²) in [5, 5.41) is 2.97. The van der Waals surface area contributed by atoms with E-state index in [9.17, 15) is 13.6 Å². The van der Waals surface area contributed by atoms with Crippen molar-refractivity contribution in [1.82, 2.24) is 10.2 Å². The third-order valence-corrected chi connectivity index (χ3v) is 4.73. The molecular weight excluding hydrogens is 338 g/mol. The first kappa shape index (κ1) is 20.6. The standard InChI is InChI=1S/C20H30F2N2O2/c1-14(26-17-7-5-15(6-8-17)20(2,3)4)19(25)23-16-9-11-24(12-10-16)13-18(21)22/h5-8,14,16,18H,9-13H2,1-4H3,(H,23,25). The summed E-state index contributed by atoms with van der Waals surface area (Å²) >= 11 is 0. The summed E-state index contributed by atoms with van der Waals surface area (Å²) in [6.07, 6.45) is -1.54. The summed E-state index contributed by atoms with van der Waals surface area (Å²) in [5.41, 5.74) is 1.28. The van der Waals surface area contributed by atoms with Crippen LogP contribution in [0.5, 0.6) is 5.75 Å². The molecular formula is C20H30F2N2O2. The highest BCUT2D eigenvalue weighted by Gasteiger charge is 2.25. The molecule has 0 saturated carbocycles.